The predicted octanol–water partition coefficient (Wildman–Crippen LogP) is 2.11. The number of hydrogen-bond acceptors (Lipinski definition) is 3. The lowest BCUT2D eigenvalue weighted by atomic mass is 9.98. The van der Waals surface area contributed by atoms with E-state index in [-0.39, 0.29) is 30.6 Å². The molecule has 0 amide bonds. The van der Waals surface area contributed by atoms with Crippen LogP contribution in [0.2, 0.25) is 0 Å². The molecule has 1 aliphatic rings. The zero-order valence-electron chi connectivity index (χ0n) is 11.3. The quantitative estimate of drug-likeness (QED) is 0.874. The summed E-state index contributed by atoms with van der Waals surface area (Å²) >= 11 is 0. The van der Waals surface area contributed by atoms with E-state index in [1.165, 1.54) is 18.2 Å². The molecule has 0 bridgehead atoms. The molecule has 114 valence electrons. The standard InChI is InChI=1S/C14H20F2N2O.ClH/c15-11-3-1-4-12(16)14(11)13(5-2-10-19)18-8-6-17-7-9-18;/h1,3-4,13,17,19H,2,5-10H2;1H/t13-;/m1./s1. The third-order valence-electron chi connectivity index (χ3n) is 3.56. The molecule has 0 spiro atoms. The van der Waals surface area contributed by atoms with Crippen molar-refractivity contribution < 1.29 is 13.9 Å². The smallest absolute Gasteiger partial charge is 0.130 e. The van der Waals surface area contributed by atoms with Crippen molar-refractivity contribution in [1.82, 2.24) is 10.2 Å². The van der Waals surface area contributed by atoms with Gasteiger partial charge in [-0.3, -0.25) is 4.90 Å². The van der Waals surface area contributed by atoms with Crippen LogP contribution in [0.15, 0.2) is 18.2 Å². The molecule has 1 aliphatic heterocycles. The third-order valence-corrected chi connectivity index (χ3v) is 3.56. The van der Waals surface area contributed by atoms with Crippen LogP contribution in [0.4, 0.5) is 8.78 Å². The van der Waals surface area contributed by atoms with Crippen molar-refractivity contribution in [3.8, 4) is 0 Å². The van der Waals surface area contributed by atoms with Crippen molar-refractivity contribution in [2.24, 2.45) is 0 Å². The summed E-state index contributed by atoms with van der Waals surface area (Å²) in [6.45, 7) is 3.23. The van der Waals surface area contributed by atoms with Gasteiger partial charge >= 0.3 is 0 Å². The lowest BCUT2D eigenvalue weighted by molar-refractivity contribution is 0.148. The fourth-order valence-corrected chi connectivity index (χ4v) is 2.62. The maximum absolute atomic E-state index is 13.9. The van der Waals surface area contributed by atoms with E-state index in [9.17, 15) is 8.78 Å². The average Bonchev–Trinajstić information content (AvgIpc) is 2.43. The van der Waals surface area contributed by atoms with Gasteiger partial charge in [0, 0.05) is 44.4 Å². The summed E-state index contributed by atoms with van der Waals surface area (Å²) in [4.78, 5) is 2.09. The predicted molar refractivity (Wildman–Crippen MR) is 77.1 cm³/mol. The van der Waals surface area contributed by atoms with E-state index < -0.39 is 11.6 Å². The van der Waals surface area contributed by atoms with E-state index in [1.807, 2.05) is 0 Å². The Morgan fingerprint density at radius 1 is 1.20 bits per heavy atom. The van der Waals surface area contributed by atoms with Gasteiger partial charge in [0.1, 0.15) is 11.6 Å². The first kappa shape index (κ1) is 17.3. The Morgan fingerprint density at radius 2 is 1.80 bits per heavy atom. The number of aliphatic hydroxyl groups excluding tert-OH is 1. The summed E-state index contributed by atoms with van der Waals surface area (Å²) in [5.74, 6) is -0.997. The second-order valence-corrected chi connectivity index (χ2v) is 4.80. The van der Waals surface area contributed by atoms with Crippen LogP contribution in [0, 0.1) is 11.6 Å². The highest BCUT2D eigenvalue weighted by molar-refractivity contribution is 5.85. The van der Waals surface area contributed by atoms with Crippen molar-refractivity contribution in [2.75, 3.05) is 32.8 Å². The number of benzene rings is 1. The van der Waals surface area contributed by atoms with Crippen molar-refractivity contribution in [1.29, 1.82) is 0 Å². The minimum absolute atomic E-state index is 0. The van der Waals surface area contributed by atoms with Gasteiger partial charge in [-0.25, -0.2) is 8.78 Å². The van der Waals surface area contributed by atoms with Crippen LogP contribution in [0.3, 0.4) is 0 Å². The number of nitrogens with zero attached hydrogens (tertiary/aromatic N) is 1. The number of hydrogen-bond donors (Lipinski definition) is 2. The number of piperazine rings is 1. The van der Waals surface area contributed by atoms with Crippen LogP contribution in [0.5, 0.6) is 0 Å². The Hall–Kier alpha value is -0.750. The zero-order valence-corrected chi connectivity index (χ0v) is 12.1. The van der Waals surface area contributed by atoms with Crippen LogP contribution >= 0.6 is 12.4 Å². The largest absolute Gasteiger partial charge is 0.396 e. The highest BCUT2D eigenvalue weighted by atomic mass is 35.5. The lowest BCUT2D eigenvalue weighted by Crippen LogP contribution is -2.45. The summed E-state index contributed by atoms with van der Waals surface area (Å²) in [6, 6.07) is 3.68. The molecule has 2 rings (SSSR count). The van der Waals surface area contributed by atoms with Crippen LogP contribution in [0.1, 0.15) is 24.4 Å². The van der Waals surface area contributed by atoms with Gasteiger partial charge < -0.3 is 10.4 Å². The van der Waals surface area contributed by atoms with Gasteiger partial charge in [-0.2, -0.15) is 0 Å². The molecule has 0 aromatic heterocycles. The summed E-state index contributed by atoms with van der Waals surface area (Å²) < 4.78 is 27.9. The average molecular weight is 307 g/mol. The van der Waals surface area contributed by atoms with Gasteiger partial charge in [-0.05, 0) is 25.0 Å². The molecule has 6 heteroatoms. The molecule has 0 unspecified atom stereocenters. The van der Waals surface area contributed by atoms with E-state index in [4.69, 9.17) is 5.11 Å². The minimum atomic E-state index is -0.499. The highest BCUT2D eigenvalue weighted by Gasteiger charge is 2.26. The Kier molecular flexibility index (Phi) is 7.37. The van der Waals surface area contributed by atoms with Crippen molar-refractivity contribution >= 4 is 12.4 Å². The molecule has 1 fully saturated rings. The van der Waals surface area contributed by atoms with Crippen LogP contribution in [-0.2, 0) is 0 Å². The fraction of sp³-hybridized carbons (Fsp3) is 0.571. The van der Waals surface area contributed by atoms with Gasteiger partial charge in [0.05, 0.1) is 0 Å². The molecule has 0 radical (unpaired) electrons. The molecule has 1 aromatic carbocycles. The maximum Gasteiger partial charge on any atom is 0.130 e. The van der Waals surface area contributed by atoms with E-state index in [0.717, 1.165) is 26.2 Å². The van der Waals surface area contributed by atoms with E-state index >= 15 is 0 Å². The second-order valence-electron chi connectivity index (χ2n) is 4.80. The van der Waals surface area contributed by atoms with Gasteiger partial charge in [0.2, 0.25) is 0 Å². The first-order valence-electron chi connectivity index (χ1n) is 6.73. The van der Waals surface area contributed by atoms with Gasteiger partial charge in [0.25, 0.3) is 0 Å². The molecule has 1 atom stereocenters. The number of halogens is 3. The van der Waals surface area contributed by atoms with Crippen molar-refractivity contribution in [3.63, 3.8) is 0 Å². The topological polar surface area (TPSA) is 35.5 Å². The SMILES string of the molecule is Cl.OCCC[C@H](c1c(F)cccc1F)N1CCNCC1. The molecule has 3 nitrogen and oxygen atoms in total. The molecule has 0 aliphatic carbocycles. The van der Waals surface area contributed by atoms with E-state index in [2.05, 4.69) is 10.2 Å². The molecule has 20 heavy (non-hydrogen) atoms. The van der Waals surface area contributed by atoms with Crippen LogP contribution in [0.25, 0.3) is 0 Å². The van der Waals surface area contributed by atoms with E-state index in [0.29, 0.717) is 12.8 Å². The van der Waals surface area contributed by atoms with Crippen LogP contribution < -0.4 is 5.32 Å². The first-order valence-corrected chi connectivity index (χ1v) is 6.73. The molecular formula is C14H21ClF2N2O. The van der Waals surface area contributed by atoms with Crippen LogP contribution in [-0.4, -0.2) is 42.8 Å². The highest BCUT2D eigenvalue weighted by Crippen LogP contribution is 2.30. The minimum Gasteiger partial charge on any atom is -0.396 e. The summed E-state index contributed by atoms with van der Waals surface area (Å²) in [7, 11) is 0. The Balaban J connectivity index is 0.00000200. The summed E-state index contributed by atoms with van der Waals surface area (Å²) in [6.07, 6.45) is 1.11. The van der Waals surface area contributed by atoms with Gasteiger partial charge in [-0.15, -0.1) is 12.4 Å². The number of aliphatic hydroxyl groups is 1. The normalized spacial score (nSPS) is 17.6. The zero-order chi connectivity index (χ0) is 13.7. The lowest BCUT2D eigenvalue weighted by Gasteiger charge is -2.35. The second kappa shape index (κ2) is 8.52. The monoisotopic (exact) mass is 306 g/mol. The molecule has 2 N–H and O–H groups in total. The third kappa shape index (κ3) is 4.12. The van der Waals surface area contributed by atoms with Gasteiger partial charge in [0.15, 0.2) is 0 Å². The Labute approximate surface area is 124 Å². The van der Waals surface area contributed by atoms with Crippen molar-refractivity contribution in [2.45, 2.75) is 18.9 Å². The molecule has 0 saturated carbocycles. The Morgan fingerprint density at radius 3 is 2.35 bits per heavy atom. The number of nitrogens with one attached hydrogen (secondary N) is 1. The summed E-state index contributed by atoms with van der Waals surface area (Å²) in [5, 5.41) is 12.2. The molecule has 1 heterocycles. The number of rotatable bonds is 5. The fourth-order valence-electron chi connectivity index (χ4n) is 2.62. The molecule has 1 saturated heterocycles. The maximum atomic E-state index is 13.9. The first-order chi connectivity index (χ1) is 9.24. The Bertz CT molecular complexity index is 394. The molecular weight excluding hydrogens is 286 g/mol. The molecule has 1 aromatic rings. The summed E-state index contributed by atoms with van der Waals surface area (Å²) in [5.41, 5.74) is 0.137. The van der Waals surface area contributed by atoms with Crippen molar-refractivity contribution in [3.05, 3.63) is 35.4 Å². The van der Waals surface area contributed by atoms with E-state index in [1.54, 1.807) is 0 Å². The van der Waals surface area contributed by atoms with Gasteiger partial charge in [-0.1, -0.05) is 6.07 Å².